The van der Waals surface area contributed by atoms with Crippen LogP contribution in [0, 0.1) is 10.5 Å². The molecular formula is C13H18ClIN2O. The van der Waals surface area contributed by atoms with Crippen molar-refractivity contribution in [2.45, 2.75) is 19.9 Å². The van der Waals surface area contributed by atoms with Crippen LogP contribution in [0.5, 0.6) is 0 Å². The highest BCUT2D eigenvalue weighted by Crippen LogP contribution is 2.19. The second-order valence-electron chi connectivity index (χ2n) is 4.46. The minimum absolute atomic E-state index is 0. The van der Waals surface area contributed by atoms with Gasteiger partial charge in [0.15, 0.2) is 0 Å². The van der Waals surface area contributed by atoms with E-state index in [-0.39, 0.29) is 24.4 Å². The summed E-state index contributed by atoms with van der Waals surface area (Å²) in [5.74, 6) is 0.162. The third-order valence-corrected chi connectivity index (χ3v) is 4.43. The van der Waals surface area contributed by atoms with Gasteiger partial charge < -0.3 is 10.2 Å². The zero-order chi connectivity index (χ0) is 12.4. The standard InChI is InChI=1S/C13H17IN2O.ClH/c1-9-8-15-6-7-16(9)13(17)11-4-3-5-12(14)10(11)2;/h3-5,9,15H,6-8H2,1-2H3;1H. The van der Waals surface area contributed by atoms with Gasteiger partial charge in [0.25, 0.3) is 5.91 Å². The Morgan fingerprint density at radius 3 is 2.89 bits per heavy atom. The number of carbonyl (C=O) groups excluding carboxylic acids is 1. The highest BCUT2D eigenvalue weighted by atomic mass is 127. The van der Waals surface area contributed by atoms with Crippen molar-refractivity contribution in [3.63, 3.8) is 0 Å². The van der Waals surface area contributed by atoms with Crippen LogP contribution in [-0.4, -0.2) is 36.5 Å². The first kappa shape index (κ1) is 15.7. The van der Waals surface area contributed by atoms with E-state index in [2.05, 4.69) is 34.8 Å². The summed E-state index contributed by atoms with van der Waals surface area (Å²) in [6.45, 7) is 6.67. The quantitative estimate of drug-likeness (QED) is 0.759. The lowest BCUT2D eigenvalue weighted by Crippen LogP contribution is -2.52. The van der Waals surface area contributed by atoms with Crippen LogP contribution >= 0.6 is 35.0 Å². The molecule has 1 heterocycles. The molecule has 0 bridgehead atoms. The topological polar surface area (TPSA) is 32.3 Å². The van der Waals surface area contributed by atoms with Gasteiger partial charge in [-0.05, 0) is 54.1 Å². The Labute approximate surface area is 128 Å². The number of nitrogens with one attached hydrogen (secondary N) is 1. The third-order valence-electron chi connectivity index (χ3n) is 3.26. The van der Waals surface area contributed by atoms with Gasteiger partial charge in [0.05, 0.1) is 0 Å². The molecule has 1 saturated heterocycles. The Balaban J connectivity index is 0.00000162. The lowest BCUT2D eigenvalue weighted by atomic mass is 10.1. The summed E-state index contributed by atoms with van der Waals surface area (Å²) in [6.07, 6.45) is 0. The zero-order valence-electron chi connectivity index (χ0n) is 10.6. The molecule has 1 aromatic carbocycles. The fourth-order valence-electron chi connectivity index (χ4n) is 2.14. The van der Waals surface area contributed by atoms with Gasteiger partial charge in [-0.25, -0.2) is 0 Å². The largest absolute Gasteiger partial charge is 0.333 e. The van der Waals surface area contributed by atoms with Crippen molar-refractivity contribution in [1.29, 1.82) is 0 Å². The van der Waals surface area contributed by atoms with E-state index in [0.29, 0.717) is 0 Å². The Kier molecular flexibility index (Phi) is 5.88. The molecule has 1 unspecified atom stereocenters. The summed E-state index contributed by atoms with van der Waals surface area (Å²) < 4.78 is 1.15. The highest BCUT2D eigenvalue weighted by Gasteiger charge is 2.25. The van der Waals surface area contributed by atoms with E-state index in [0.717, 1.165) is 34.3 Å². The maximum atomic E-state index is 12.5. The third kappa shape index (κ3) is 3.16. The molecule has 1 aromatic rings. The van der Waals surface area contributed by atoms with Crippen LogP contribution in [0.25, 0.3) is 0 Å². The smallest absolute Gasteiger partial charge is 0.254 e. The number of piperazine rings is 1. The summed E-state index contributed by atoms with van der Waals surface area (Å²) in [5.41, 5.74) is 1.93. The molecule has 100 valence electrons. The second-order valence-corrected chi connectivity index (χ2v) is 5.63. The first-order valence-corrected chi connectivity index (χ1v) is 6.96. The monoisotopic (exact) mass is 380 g/mol. The van der Waals surface area contributed by atoms with Crippen LogP contribution in [0.4, 0.5) is 0 Å². The molecule has 0 aliphatic carbocycles. The first-order chi connectivity index (χ1) is 8.11. The predicted molar refractivity (Wildman–Crippen MR) is 84.5 cm³/mol. The number of rotatable bonds is 1. The molecule has 1 fully saturated rings. The van der Waals surface area contributed by atoms with Crippen LogP contribution in [-0.2, 0) is 0 Å². The van der Waals surface area contributed by atoms with Gasteiger partial charge in [0, 0.05) is 34.8 Å². The predicted octanol–water partition coefficient (Wildman–Crippen LogP) is 2.46. The zero-order valence-corrected chi connectivity index (χ0v) is 13.5. The summed E-state index contributed by atoms with van der Waals surface area (Å²) in [6, 6.07) is 6.19. The number of hydrogen-bond donors (Lipinski definition) is 1. The Bertz CT molecular complexity index is 439. The van der Waals surface area contributed by atoms with Gasteiger partial charge in [-0.15, -0.1) is 12.4 Å². The summed E-state index contributed by atoms with van der Waals surface area (Å²) >= 11 is 2.28. The van der Waals surface area contributed by atoms with Crippen molar-refractivity contribution in [3.05, 3.63) is 32.9 Å². The van der Waals surface area contributed by atoms with Gasteiger partial charge in [-0.1, -0.05) is 6.07 Å². The Morgan fingerprint density at radius 1 is 1.50 bits per heavy atom. The second kappa shape index (κ2) is 6.73. The molecule has 1 amide bonds. The number of amides is 1. The molecule has 1 aliphatic heterocycles. The van der Waals surface area contributed by atoms with Crippen LogP contribution in [0.2, 0.25) is 0 Å². The van der Waals surface area contributed by atoms with Gasteiger partial charge >= 0.3 is 0 Å². The molecule has 1 aliphatic rings. The van der Waals surface area contributed by atoms with E-state index in [9.17, 15) is 4.79 Å². The molecule has 2 rings (SSSR count). The van der Waals surface area contributed by atoms with E-state index in [1.807, 2.05) is 30.0 Å². The van der Waals surface area contributed by atoms with E-state index in [1.165, 1.54) is 0 Å². The van der Waals surface area contributed by atoms with E-state index in [1.54, 1.807) is 0 Å². The van der Waals surface area contributed by atoms with Gasteiger partial charge in [0.2, 0.25) is 0 Å². The summed E-state index contributed by atoms with van der Waals surface area (Å²) in [5, 5.41) is 3.30. The molecule has 0 saturated carbocycles. The number of benzene rings is 1. The maximum Gasteiger partial charge on any atom is 0.254 e. The average molecular weight is 381 g/mol. The SMILES string of the molecule is Cc1c(I)cccc1C(=O)N1CCNCC1C.Cl. The van der Waals surface area contributed by atoms with Crippen LogP contribution in [0.15, 0.2) is 18.2 Å². The van der Waals surface area contributed by atoms with E-state index in [4.69, 9.17) is 0 Å². The van der Waals surface area contributed by atoms with Crippen LogP contribution in [0.1, 0.15) is 22.8 Å². The van der Waals surface area contributed by atoms with Crippen molar-refractivity contribution in [1.82, 2.24) is 10.2 Å². The molecule has 1 atom stereocenters. The fraction of sp³-hybridized carbons (Fsp3) is 0.462. The highest BCUT2D eigenvalue weighted by molar-refractivity contribution is 14.1. The number of hydrogen-bond acceptors (Lipinski definition) is 2. The number of halogens is 2. The van der Waals surface area contributed by atoms with Crippen LogP contribution < -0.4 is 5.32 Å². The van der Waals surface area contributed by atoms with Gasteiger partial charge in [0.1, 0.15) is 0 Å². The Morgan fingerprint density at radius 2 is 2.22 bits per heavy atom. The normalized spacial score (nSPS) is 19.3. The minimum atomic E-state index is 0. The number of carbonyl (C=O) groups is 1. The maximum absolute atomic E-state index is 12.5. The minimum Gasteiger partial charge on any atom is -0.333 e. The van der Waals surface area contributed by atoms with Crippen molar-refractivity contribution in [2.75, 3.05) is 19.6 Å². The van der Waals surface area contributed by atoms with Gasteiger partial charge in [-0.2, -0.15) is 0 Å². The molecule has 5 heteroatoms. The van der Waals surface area contributed by atoms with E-state index < -0.39 is 0 Å². The molecule has 18 heavy (non-hydrogen) atoms. The molecule has 3 nitrogen and oxygen atoms in total. The van der Waals surface area contributed by atoms with Gasteiger partial charge in [-0.3, -0.25) is 4.79 Å². The summed E-state index contributed by atoms with van der Waals surface area (Å²) in [4.78, 5) is 14.4. The lowest BCUT2D eigenvalue weighted by molar-refractivity contribution is 0.0655. The average Bonchev–Trinajstić information content (AvgIpc) is 2.32. The number of nitrogens with zero attached hydrogens (tertiary/aromatic N) is 1. The molecule has 0 aromatic heterocycles. The van der Waals surface area contributed by atoms with Crippen LogP contribution in [0.3, 0.4) is 0 Å². The molecular weight excluding hydrogens is 363 g/mol. The fourth-order valence-corrected chi connectivity index (χ4v) is 2.63. The van der Waals surface area contributed by atoms with Crippen molar-refractivity contribution in [2.24, 2.45) is 0 Å². The molecule has 0 radical (unpaired) electrons. The van der Waals surface area contributed by atoms with Crippen molar-refractivity contribution < 1.29 is 4.79 Å². The first-order valence-electron chi connectivity index (χ1n) is 5.88. The molecule has 1 N–H and O–H groups in total. The molecule has 0 spiro atoms. The summed E-state index contributed by atoms with van der Waals surface area (Å²) in [7, 11) is 0. The van der Waals surface area contributed by atoms with Crippen molar-refractivity contribution >= 4 is 40.9 Å². The lowest BCUT2D eigenvalue weighted by Gasteiger charge is -2.34. The van der Waals surface area contributed by atoms with Crippen molar-refractivity contribution in [3.8, 4) is 0 Å². The Hall–Kier alpha value is -0.330. The van der Waals surface area contributed by atoms with E-state index >= 15 is 0 Å².